The van der Waals surface area contributed by atoms with Gasteiger partial charge in [-0.2, -0.15) is 0 Å². The topological polar surface area (TPSA) is 134 Å². The number of ether oxygens (including phenoxy) is 2. The van der Waals surface area contributed by atoms with E-state index in [1.54, 1.807) is 55.5 Å². The fourth-order valence-electron chi connectivity index (χ4n) is 3.27. The molecule has 0 atom stereocenters. The van der Waals surface area contributed by atoms with Gasteiger partial charge in [0.1, 0.15) is 12.4 Å². The van der Waals surface area contributed by atoms with Crippen LogP contribution in [0.2, 0.25) is 0 Å². The summed E-state index contributed by atoms with van der Waals surface area (Å²) in [5.41, 5.74) is 1.80. The predicted octanol–water partition coefficient (Wildman–Crippen LogP) is 4.73. The van der Waals surface area contributed by atoms with Crippen LogP contribution < -0.4 is 4.74 Å². The lowest BCUT2D eigenvalue weighted by molar-refractivity contribution is -0.385. The molecule has 0 spiro atoms. The molecule has 0 fully saturated rings. The Morgan fingerprint density at radius 1 is 1.00 bits per heavy atom. The van der Waals surface area contributed by atoms with E-state index in [9.17, 15) is 25.0 Å². The van der Waals surface area contributed by atoms with Crippen LogP contribution in [-0.2, 0) is 16.1 Å². The first-order valence-electron chi connectivity index (χ1n) is 10.0. The maximum Gasteiger partial charge on any atom is 0.363 e. The molecule has 3 aromatic rings. The first-order valence-corrected chi connectivity index (χ1v) is 10.0. The van der Waals surface area contributed by atoms with Crippen LogP contribution in [0.3, 0.4) is 0 Å². The molecule has 0 bridgehead atoms. The van der Waals surface area contributed by atoms with Crippen molar-refractivity contribution in [2.24, 2.45) is 4.99 Å². The highest BCUT2D eigenvalue weighted by molar-refractivity contribution is 6.13. The minimum atomic E-state index is -0.702. The molecule has 1 aliphatic heterocycles. The molecule has 0 aromatic heterocycles. The molecule has 0 radical (unpaired) electrons. The van der Waals surface area contributed by atoms with Gasteiger partial charge >= 0.3 is 5.97 Å². The minimum absolute atomic E-state index is 0.00428. The number of nitro groups is 2. The molecule has 34 heavy (non-hydrogen) atoms. The highest BCUT2D eigenvalue weighted by atomic mass is 16.6. The predicted molar refractivity (Wildman–Crippen MR) is 122 cm³/mol. The van der Waals surface area contributed by atoms with Gasteiger partial charge in [-0.3, -0.25) is 20.2 Å². The number of para-hydroxylation sites is 1. The van der Waals surface area contributed by atoms with Crippen molar-refractivity contribution in [3.63, 3.8) is 0 Å². The monoisotopic (exact) mass is 459 g/mol. The smallest absolute Gasteiger partial charge is 0.363 e. The van der Waals surface area contributed by atoms with Gasteiger partial charge in [-0.1, -0.05) is 36.4 Å². The number of nitrogens with zero attached hydrogens (tertiary/aromatic N) is 3. The number of rotatable bonds is 7. The molecule has 170 valence electrons. The second-order valence-electron chi connectivity index (χ2n) is 7.35. The third-order valence-electron chi connectivity index (χ3n) is 5.00. The lowest BCUT2D eigenvalue weighted by atomic mass is 10.1. The summed E-state index contributed by atoms with van der Waals surface area (Å²) in [6.45, 7) is 1.69. The van der Waals surface area contributed by atoms with E-state index in [0.29, 0.717) is 28.0 Å². The average Bonchev–Trinajstić information content (AvgIpc) is 3.18. The van der Waals surface area contributed by atoms with E-state index in [4.69, 9.17) is 9.47 Å². The first kappa shape index (κ1) is 22.3. The SMILES string of the molecule is Cc1ccc(C2=N/C(=C\c3ccccc3OCc3cccc([N+](=O)[O-])c3)C(=O)O2)cc1[N+](=O)[O-]. The van der Waals surface area contributed by atoms with Gasteiger partial charge in [0.15, 0.2) is 5.70 Å². The molecule has 10 nitrogen and oxygen atoms in total. The van der Waals surface area contributed by atoms with E-state index in [1.165, 1.54) is 24.3 Å². The number of nitro benzene ring substituents is 2. The Morgan fingerprint density at radius 3 is 2.56 bits per heavy atom. The summed E-state index contributed by atoms with van der Waals surface area (Å²) in [7, 11) is 0. The molecule has 0 amide bonds. The van der Waals surface area contributed by atoms with E-state index in [1.807, 2.05) is 0 Å². The van der Waals surface area contributed by atoms with Gasteiger partial charge in [0.25, 0.3) is 11.4 Å². The molecule has 0 N–H and O–H groups in total. The largest absolute Gasteiger partial charge is 0.488 e. The van der Waals surface area contributed by atoms with Gasteiger partial charge in [-0.05, 0) is 30.7 Å². The number of aliphatic imine (C=N–C) groups is 1. The number of hydrogen-bond acceptors (Lipinski definition) is 8. The van der Waals surface area contributed by atoms with Gasteiger partial charge < -0.3 is 9.47 Å². The van der Waals surface area contributed by atoms with Gasteiger partial charge in [0.2, 0.25) is 5.90 Å². The summed E-state index contributed by atoms with van der Waals surface area (Å²) >= 11 is 0. The summed E-state index contributed by atoms with van der Waals surface area (Å²) in [4.78, 5) is 37.8. The Balaban J connectivity index is 1.59. The van der Waals surface area contributed by atoms with Crippen molar-refractivity contribution in [2.75, 3.05) is 0 Å². The molecule has 1 aliphatic rings. The number of carbonyl (C=O) groups excluding carboxylic acids is 1. The van der Waals surface area contributed by atoms with Gasteiger partial charge in [0.05, 0.1) is 9.85 Å². The third-order valence-corrected chi connectivity index (χ3v) is 5.00. The number of benzene rings is 3. The zero-order valence-electron chi connectivity index (χ0n) is 17.8. The molecule has 0 unspecified atom stereocenters. The van der Waals surface area contributed by atoms with Crippen molar-refractivity contribution in [1.82, 2.24) is 0 Å². The van der Waals surface area contributed by atoms with Crippen LogP contribution in [0.1, 0.15) is 22.3 Å². The number of hydrogen-bond donors (Lipinski definition) is 0. The van der Waals surface area contributed by atoms with Crippen molar-refractivity contribution >= 4 is 29.3 Å². The van der Waals surface area contributed by atoms with E-state index in [2.05, 4.69) is 4.99 Å². The van der Waals surface area contributed by atoms with Crippen molar-refractivity contribution in [2.45, 2.75) is 13.5 Å². The number of aryl methyl sites for hydroxylation is 1. The van der Waals surface area contributed by atoms with E-state index < -0.39 is 15.8 Å². The van der Waals surface area contributed by atoms with Gasteiger partial charge in [-0.25, -0.2) is 9.79 Å². The maximum atomic E-state index is 12.4. The molecule has 1 heterocycles. The Kier molecular flexibility index (Phi) is 6.13. The van der Waals surface area contributed by atoms with Crippen LogP contribution in [0, 0.1) is 27.2 Å². The van der Waals surface area contributed by atoms with Crippen molar-refractivity contribution < 1.29 is 24.1 Å². The Bertz CT molecular complexity index is 1380. The molecular weight excluding hydrogens is 442 g/mol. The molecule has 0 saturated carbocycles. The van der Waals surface area contributed by atoms with Crippen LogP contribution >= 0.6 is 0 Å². The zero-order valence-corrected chi connectivity index (χ0v) is 17.8. The second kappa shape index (κ2) is 9.33. The van der Waals surface area contributed by atoms with Crippen LogP contribution in [0.15, 0.2) is 77.4 Å². The van der Waals surface area contributed by atoms with Crippen molar-refractivity contribution in [3.8, 4) is 5.75 Å². The lowest BCUT2D eigenvalue weighted by Crippen LogP contribution is -2.06. The molecule has 0 aliphatic carbocycles. The van der Waals surface area contributed by atoms with Crippen molar-refractivity contribution in [1.29, 1.82) is 0 Å². The first-order chi connectivity index (χ1) is 16.3. The molecule has 10 heteroatoms. The number of cyclic esters (lactones) is 1. The summed E-state index contributed by atoms with van der Waals surface area (Å²) < 4.78 is 11.1. The highest BCUT2D eigenvalue weighted by Crippen LogP contribution is 2.27. The zero-order chi connectivity index (χ0) is 24.2. The quantitative estimate of drug-likeness (QED) is 0.216. The molecule has 3 aromatic carbocycles. The average molecular weight is 459 g/mol. The van der Waals surface area contributed by atoms with Crippen LogP contribution in [0.25, 0.3) is 6.08 Å². The van der Waals surface area contributed by atoms with Gasteiger partial charge in [0, 0.05) is 34.9 Å². The van der Waals surface area contributed by atoms with Crippen LogP contribution in [-0.4, -0.2) is 21.7 Å². The summed E-state index contributed by atoms with van der Waals surface area (Å²) in [6.07, 6.45) is 1.49. The molecular formula is C24H17N3O7. The summed E-state index contributed by atoms with van der Waals surface area (Å²) in [5.74, 6) is -0.301. The van der Waals surface area contributed by atoms with Crippen molar-refractivity contribution in [3.05, 3.63) is 115 Å². The molecule has 0 saturated heterocycles. The lowest BCUT2D eigenvalue weighted by Gasteiger charge is -2.09. The molecule has 4 rings (SSSR count). The Hall–Kier alpha value is -4.86. The van der Waals surface area contributed by atoms with E-state index in [-0.39, 0.29) is 29.6 Å². The highest BCUT2D eigenvalue weighted by Gasteiger charge is 2.26. The Morgan fingerprint density at radius 2 is 1.79 bits per heavy atom. The van der Waals surface area contributed by atoms with E-state index >= 15 is 0 Å². The van der Waals surface area contributed by atoms with E-state index in [0.717, 1.165) is 0 Å². The normalized spacial score (nSPS) is 14.0. The number of esters is 1. The second-order valence-corrected chi connectivity index (χ2v) is 7.35. The number of carbonyl (C=O) groups is 1. The van der Waals surface area contributed by atoms with Crippen LogP contribution in [0.5, 0.6) is 5.75 Å². The fourth-order valence-corrected chi connectivity index (χ4v) is 3.27. The minimum Gasteiger partial charge on any atom is -0.488 e. The standard InChI is InChI=1S/C24H17N3O7/c1-15-9-10-18(13-21(15)27(31)32)23-25-20(24(28)34-23)12-17-6-2-3-8-22(17)33-14-16-5-4-7-19(11-16)26(29)30/h2-13H,14H2,1H3/b20-12-. The summed E-state index contributed by atoms with van der Waals surface area (Å²) in [5, 5.41) is 22.2. The summed E-state index contributed by atoms with van der Waals surface area (Å²) in [6, 6.07) is 17.5. The maximum absolute atomic E-state index is 12.4. The van der Waals surface area contributed by atoms with Gasteiger partial charge in [-0.15, -0.1) is 0 Å². The fraction of sp³-hybridized carbons (Fsp3) is 0.0833. The Labute approximate surface area is 193 Å². The van der Waals surface area contributed by atoms with Crippen LogP contribution in [0.4, 0.5) is 11.4 Å². The number of non-ortho nitro benzene ring substituents is 1. The third kappa shape index (κ3) is 4.80.